The summed E-state index contributed by atoms with van der Waals surface area (Å²) in [5.74, 6) is 0.952. The molecule has 0 amide bonds. The van der Waals surface area contributed by atoms with E-state index in [9.17, 15) is 0 Å². The van der Waals surface area contributed by atoms with Crippen LogP contribution in [0.5, 0.6) is 5.75 Å². The first-order valence-electron chi connectivity index (χ1n) is 6.18. The van der Waals surface area contributed by atoms with Gasteiger partial charge in [-0.3, -0.25) is 0 Å². The summed E-state index contributed by atoms with van der Waals surface area (Å²) in [5.41, 5.74) is 1.63. The minimum absolute atomic E-state index is 0.239. The summed E-state index contributed by atoms with van der Waals surface area (Å²) in [6, 6.07) is 8.52. The molecule has 1 heterocycles. The van der Waals surface area contributed by atoms with Crippen molar-refractivity contribution in [3.63, 3.8) is 0 Å². The van der Waals surface area contributed by atoms with E-state index in [1.54, 1.807) is 0 Å². The van der Waals surface area contributed by atoms with Crippen LogP contribution in [0.4, 0.5) is 0 Å². The number of hydrogen-bond acceptors (Lipinski definition) is 2. The molecule has 0 aliphatic carbocycles. The van der Waals surface area contributed by atoms with Gasteiger partial charge in [-0.25, -0.2) is 0 Å². The van der Waals surface area contributed by atoms with Gasteiger partial charge in [0.15, 0.2) is 0 Å². The minimum Gasteiger partial charge on any atom is -0.494 e. The SMILES string of the molecule is CCOc1ccc(C2(CBr)CCOCC2)cc1. The standard InChI is InChI=1S/C14H19BrO2/c1-2-17-13-5-3-12(4-6-13)14(11-15)7-9-16-10-8-14/h3-6H,2,7-11H2,1H3. The number of rotatable bonds is 4. The molecular formula is C14H19BrO2. The van der Waals surface area contributed by atoms with E-state index < -0.39 is 0 Å². The number of halogens is 1. The Balaban J connectivity index is 2.18. The summed E-state index contributed by atoms with van der Waals surface area (Å²) in [6.45, 7) is 4.45. The van der Waals surface area contributed by atoms with Crippen LogP contribution in [-0.2, 0) is 10.2 Å². The van der Waals surface area contributed by atoms with Gasteiger partial charge < -0.3 is 9.47 Å². The van der Waals surface area contributed by atoms with Gasteiger partial charge in [0.1, 0.15) is 5.75 Å². The van der Waals surface area contributed by atoms with Gasteiger partial charge in [-0.05, 0) is 37.5 Å². The van der Waals surface area contributed by atoms with Crippen molar-refractivity contribution in [2.75, 3.05) is 25.2 Å². The Hall–Kier alpha value is -0.540. The first kappa shape index (κ1) is 12.9. The van der Waals surface area contributed by atoms with Crippen molar-refractivity contribution < 1.29 is 9.47 Å². The van der Waals surface area contributed by atoms with Crippen LogP contribution in [0.3, 0.4) is 0 Å². The second-order valence-corrected chi connectivity index (χ2v) is 5.04. The van der Waals surface area contributed by atoms with E-state index in [1.165, 1.54) is 5.56 Å². The van der Waals surface area contributed by atoms with Gasteiger partial charge in [-0.15, -0.1) is 0 Å². The van der Waals surface area contributed by atoms with Gasteiger partial charge in [0.2, 0.25) is 0 Å². The fourth-order valence-electron chi connectivity index (χ4n) is 2.33. The van der Waals surface area contributed by atoms with Gasteiger partial charge in [0.25, 0.3) is 0 Å². The summed E-state index contributed by atoms with van der Waals surface area (Å²) < 4.78 is 10.9. The highest BCUT2D eigenvalue weighted by atomic mass is 79.9. The molecule has 3 heteroatoms. The average molecular weight is 299 g/mol. The zero-order chi connectivity index (χ0) is 12.1. The minimum atomic E-state index is 0.239. The van der Waals surface area contributed by atoms with Crippen LogP contribution < -0.4 is 4.74 Å². The van der Waals surface area contributed by atoms with E-state index in [4.69, 9.17) is 9.47 Å². The van der Waals surface area contributed by atoms with Gasteiger partial charge in [-0.1, -0.05) is 28.1 Å². The van der Waals surface area contributed by atoms with Gasteiger partial charge in [-0.2, -0.15) is 0 Å². The summed E-state index contributed by atoms with van der Waals surface area (Å²) in [5, 5.41) is 0.997. The molecule has 0 spiro atoms. The fraction of sp³-hybridized carbons (Fsp3) is 0.571. The maximum absolute atomic E-state index is 5.48. The highest BCUT2D eigenvalue weighted by Gasteiger charge is 2.33. The molecule has 2 rings (SSSR count). The monoisotopic (exact) mass is 298 g/mol. The molecule has 2 nitrogen and oxygen atoms in total. The zero-order valence-electron chi connectivity index (χ0n) is 10.2. The van der Waals surface area contributed by atoms with Crippen molar-refractivity contribution in [1.82, 2.24) is 0 Å². The van der Waals surface area contributed by atoms with Crippen molar-refractivity contribution in [3.05, 3.63) is 29.8 Å². The predicted octanol–water partition coefficient (Wildman–Crippen LogP) is 3.53. The predicted molar refractivity (Wildman–Crippen MR) is 73.1 cm³/mol. The largest absolute Gasteiger partial charge is 0.494 e. The molecule has 1 saturated heterocycles. The van der Waals surface area contributed by atoms with Crippen LogP contribution in [0.2, 0.25) is 0 Å². The number of benzene rings is 1. The lowest BCUT2D eigenvalue weighted by atomic mass is 9.76. The van der Waals surface area contributed by atoms with Crippen LogP contribution in [0.1, 0.15) is 25.3 Å². The van der Waals surface area contributed by atoms with Gasteiger partial charge in [0.05, 0.1) is 6.61 Å². The van der Waals surface area contributed by atoms with Gasteiger partial charge in [0, 0.05) is 24.0 Å². The molecule has 1 aromatic rings. The maximum atomic E-state index is 5.48. The molecule has 0 radical (unpaired) electrons. The highest BCUT2D eigenvalue weighted by molar-refractivity contribution is 9.09. The first-order chi connectivity index (χ1) is 8.30. The molecule has 0 aromatic heterocycles. The molecule has 0 saturated carbocycles. The van der Waals surface area contributed by atoms with Crippen LogP contribution in [-0.4, -0.2) is 25.2 Å². The number of hydrogen-bond donors (Lipinski definition) is 0. The summed E-state index contributed by atoms with van der Waals surface area (Å²) >= 11 is 3.67. The molecule has 94 valence electrons. The third-order valence-electron chi connectivity index (χ3n) is 3.48. The second-order valence-electron chi connectivity index (χ2n) is 4.48. The molecule has 0 bridgehead atoms. The third-order valence-corrected chi connectivity index (χ3v) is 4.56. The Morgan fingerprint density at radius 3 is 2.41 bits per heavy atom. The fourth-order valence-corrected chi connectivity index (χ4v) is 3.22. The molecule has 1 fully saturated rings. The Labute approximate surface area is 111 Å². The summed E-state index contributed by atoms with van der Waals surface area (Å²) in [7, 11) is 0. The third kappa shape index (κ3) is 2.83. The molecule has 0 atom stereocenters. The van der Waals surface area contributed by atoms with Crippen LogP contribution in [0.15, 0.2) is 24.3 Å². The van der Waals surface area contributed by atoms with E-state index in [-0.39, 0.29) is 5.41 Å². The Morgan fingerprint density at radius 1 is 1.24 bits per heavy atom. The van der Waals surface area contributed by atoms with Crippen LogP contribution in [0.25, 0.3) is 0 Å². The normalized spacial score (nSPS) is 18.9. The first-order valence-corrected chi connectivity index (χ1v) is 7.30. The van der Waals surface area contributed by atoms with Crippen LogP contribution >= 0.6 is 15.9 Å². The average Bonchev–Trinajstić information content (AvgIpc) is 2.41. The van der Waals surface area contributed by atoms with Gasteiger partial charge >= 0.3 is 0 Å². The van der Waals surface area contributed by atoms with E-state index in [0.717, 1.165) is 43.7 Å². The van der Waals surface area contributed by atoms with Crippen molar-refractivity contribution in [3.8, 4) is 5.75 Å². The number of ether oxygens (including phenoxy) is 2. The summed E-state index contributed by atoms with van der Waals surface area (Å²) in [6.07, 6.45) is 2.18. The molecule has 0 unspecified atom stereocenters. The maximum Gasteiger partial charge on any atom is 0.119 e. The lowest BCUT2D eigenvalue weighted by molar-refractivity contribution is 0.0584. The molecule has 1 aliphatic rings. The van der Waals surface area contributed by atoms with E-state index in [1.807, 2.05) is 6.92 Å². The lowest BCUT2D eigenvalue weighted by Crippen LogP contribution is -2.35. The zero-order valence-corrected chi connectivity index (χ0v) is 11.8. The Bertz CT molecular complexity index is 342. The number of alkyl halides is 1. The Morgan fingerprint density at radius 2 is 1.88 bits per heavy atom. The van der Waals surface area contributed by atoms with Crippen molar-refractivity contribution in [2.24, 2.45) is 0 Å². The molecule has 1 aliphatic heterocycles. The topological polar surface area (TPSA) is 18.5 Å². The molecular weight excluding hydrogens is 280 g/mol. The van der Waals surface area contributed by atoms with Crippen molar-refractivity contribution in [1.29, 1.82) is 0 Å². The van der Waals surface area contributed by atoms with E-state index in [0.29, 0.717) is 0 Å². The smallest absolute Gasteiger partial charge is 0.119 e. The van der Waals surface area contributed by atoms with Crippen LogP contribution in [0, 0.1) is 0 Å². The molecule has 1 aromatic carbocycles. The lowest BCUT2D eigenvalue weighted by Gasteiger charge is -2.36. The highest BCUT2D eigenvalue weighted by Crippen LogP contribution is 2.37. The second kappa shape index (κ2) is 5.87. The molecule has 0 N–H and O–H groups in total. The quantitative estimate of drug-likeness (QED) is 0.792. The van der Waals surface area contributed by atoms with Crippen molar-refractivity contribution >= 4 is 15.9 Å². The van der Waals surface area contributed by atoms with Crippen molar-refractivity contribution in [2.45, 2.75) is 25.2 Å². The summed E-state index contributed by atoms with van der Waals surface area (Å²) in [4.78, 5) is 0. The van der Waals surface area contributed by atoms with E-state index in [2.05, 4.69) is 40.2 Å². The molecule has 17 heavy (non-hydrogen) atoms. The van der Waals surface area contributed by atoms with E-state index >= 15 is 0 Å². The Kier molecular flexibility index (Phi) is 4.46.